The Morgan fingerprint density at radius 1 is 1.04 bits per heavy atom. The first-order valence-corrected chi connectivity index (χ1v) is 7.78. The fraction of sp³-hybridized carbons (Fsp3) is 0.294. The normalized spacial score (nSPS) is 11.0. The number of rotatable bonds is 8. The standard InChI is InChI=1S/C17H20N4O4/c1-13-12-16(20(8-10-22)9-11-23)6-7-17(13)19-18-14-2-4-15(5-3-14)21(24)25/h2-7,12,22-23H,8-11H2,1H3/b19-18+. The van der Waals surface area contributed by atoms with Crippen LogP contribution in [0, 0.1) is 17.0 Å². The molecule has 2 aromatic rings. The number of hydrogen-bond acceptors (Lipinski definition) is 7. The van der Waals surface area contributed by atoms with E-state index in [1.165, 1.54) is 24.3 Å². The first kappa shape index (κ1) is 18.5. The maximum atomic E-state index is 10.6. The summed E-state index contributed by atoms with van der Waals surface area (Å²) in [6, 6.07) is 11.4. The maximum Gasteiger partial charge on any atom is 0.269 e. The van der Waals surface area contributed by atoms with Crippen LogP contribution in [0.4, 0.5) is 22.7 Å². The highest BCUT2D eigenvalue weighted by molar-refractivity contribution is 5.58. The largest absolute Gasteiger partial charge is 0.395 e. The molecule has 0 unspecified atom stereocenters. The molecule has 0 amide bonds. The molecule has 0 aliphatic rings. The molecule has 0 atom stereocenters. The number of anilines is 1. The van der Waals surface area contributed by atoms with Crippen molar-refractivity contribution < 1.29 is 15.1 Å². The molecule has 0 bridgehead atoms. The molecule has 2 N–H and O–H groups in total. The quantitative estimate of drug-likeness (QED) is 0.434. The summed E-state index contributed by atoms with van der Waals surface area (Å²) in [5.74, 6) is 0. The third-order valence-electron chi connectivity index (χ3n) is 3.62. The summed E-state index contributed by atoms with van der Waals surface area (Å²) in [4.78, 5) is 12.0. The Hall–Kier alpha value is -2.84. The third-order valence-corrected chi connectivity index (χ3v) is 3.62. The molecule has 0 aliphatic carbocycles. The van der Waals surface area contributed by atoms with E-state index < -0.39 is 4.92 Å². The summed E-state index contributed by atoms with van der Waals surface area (Å²) in [6.45, 7) is 2.76. The minimum atomic E-state index is -0.464. The van der Waals surface area contributed by atoms with Gasteiger partial charge in [0, 0.05) is 30.9 Å². The SMILES string of the molecule is Cc1cc(N(CCO)CCO)ccc1/N=N/c1ccc([N+](=O)[O-])cc1. The van der Waals surface area contributed by atoms with Gasteiger partial charge in [-0.1, -0.05) is 0 Å². The van der Waals surface area contributed by atoms with E-state index in [-0.39, 0.29) is 18.9 Å². The van der Waals surface area contributed by atoms with E-state index in [0.29, 0.717) is 24.5 Å². The van der Waals surface area contributed by atoms with Crippen molar-refractivity contribution in [3.05, 3.63) is 58.1 Å². The van der Waals surface area contributed by atoms with Gasteiger partial charge in [0.1, 0.15) is 0 Å². The van der Waals surface area contributed by atoms with E-state index >= 15 is 0 Å². The Bertz CT molecular complexity index is 741. The van der Waals surface area contributed by atoms with Crippen LogP contribution in [0.25, 0.3) is 0 Å². The average molecular weight is 344 g/mol. The molecule has 0 saturated heterocycles. The van der Waals surface area contributed by atoms with Crippen LogP contribution < -0.4 is 4.90 Å². The number of non-ortho nitro benzene ring substituents is 1. The van der Waals surface area contributed by atoms with Crippen molar-refractivity contribution in [1.82, 2.24) is 0 Å². The minimum absolute atomic E-state index is 0.000646. The van der Waals surface area contributed by atoms with Gasteiger partial charge in [-0.2, -0.15) is 10.2 Å². The Balaban J connectivity index is 2.15. The summed E-state index contributed by atoms with van der Waals surface area (Å²) < 4.78 is 0. The number of nitrogens with zero attached hydrogens (tertiary/aromatic N) is 4. The van der Waals surface area contributed by atoms with Gasteiger partial charge in [-0.25, -0.2) is 0 Å². The van der Waals surface area contributed by atoms with Gasteiger partial charge < -0.3 is 15.1 Å². The highest BCUT2D eigenvalue weighted by atomic mass is 16.6. The monoisotopic (exact) mass is 344 g/mol. The van der Waals surface area contributed by atoms with Gasteiger partial charge in [-0.3, -0.25) is 10.1 Å². The lowest BCUT2D eigenvalue weighted by Crippen LogP contribution is -2.29. The summed E-state index contributed by atoms with van der Waals surface area (Å²) in [6.07, 6.45) is 0. The van der Waals surface area contributed by atoms with Crippen LogP contribution in [-0.4, -0.2) is 41.4 Å². The molecule has 0 saturated carbocycles. The van der Waals surface area contributed by atoms with Gasteiger partial charge in [0.25, 0.3) is 5.69 Å². The minimum Gasteiger partial charge on any atom is -0.395 e. The van der Waals surface area contributed by atoms with E-state index in [1.54, 1.807) is 6.07 Å². The summed E-state index contributed by atoms with van der Waals surface area (Å²) >= 11 is 0. The van der Waals surface area contributed by atoms with Crippen molar-refractivity contribution in [3.8, 4) is 0 Å². The van der Waals surface area contributed by atoms with E-state index in [9.17, 15) is 10.1 Å². The number of aliphatic hydroxyl groups is 2. The smallest absolute Gasteiger partial charge is 0.269 e. The first-order chi connectivity index (χ1) is 12.0. The van der Waals surface area contributed by atoms with Crippen LogP contribution in [0.3, 0.4) is 0 Å². The lowest BCUT2D eigenvalue weighted by Gasteiger charge is -2.23. The summed E-state index contributed by atoms with van der Waals surface area (Å²) in [5.41, 5.74) is 2.98. The number of azo groups is 1. The number of nitro benzene ring substituents is 1. The second kappa shape index (κ2) is 8.86. The molecule has 0 spiro atoms. The fourth-order valence-corrected chi connectivity index (χ4v) is 2.31. The molecule has 8 nitrogen and oxygen atoms in total. The lowest BCUT2D eigenvalue weighted by atomic mass is 10.1. The van der Waals surface area contributed by atoms with E-state index in [0.717, 1.165) is 11.3 Å². The molecule has 0 radical (unpaired) electrons. The molecular weight excluding hydrogens is 324 g/mol. The van der Waals surface area contributed by atoms with E-state index in [4.69, 9.17) is 10.2 Å². The number of aliphatic hydroxyl groups excluding tert-OH is 2. The second-order valence-corrected chi connectivity index (χ2v) is 5.38. The van der Waals surface area contributed by atoms with E-state index in [2.05, 4.69) is 10.2 Å². The predicted molar refractivity (Wildman–Crippen MR) is 94.8 cm³/mol. The van der Waals surface area contributed by atoms with Gasteiger partial charge in [0.05, 0.1) is 29.5 Å². The van der Waals surface area contributed by atoms with Crippen molar-refractivity contribution in [2.45, 2.75) is 6.92 Å². The van der Waals surface area contributed by atoms with Gasteiger partial charge in [0.2, 0.25) is 0 Å². The van der Waals surface area contributed by atoms with Gasteiger partial charge in [-0.15, -0.1) is 0 Å². The molecule has 2 aromatic carbocycles. The van der Waals surface area contributed by atoms with Crippen molar-refractivity contribution in [2.75, 3.05) is 31.2 Å². The Morgan fingerprint density at radius 2 is 1.68 bits per heavy atom. The molecule has 0 fully saturated rings. The number of aryl methyl sites for hydroxylation is 1. The van der Waals surface area contributed by atoms with Gasteiger partial charge >= 0.3 is 0 Å². The molecule has 132 valence electrons. The summed E-state index contributed by atoms with van der Waals surface area (Å²) in [7, 11) is 0. The fourth-order valence-electron chi connectivity index (χ4n) is 2.31. The van der Waals surface area contributed by atoms with Gasteiger partial charge in [-0.05, 0) is 42.8 Å². The van der Waals surface area contributed by atoms with Crippen molar-refractivity contribution in [3.63, 3.8) is 0 Å². The summed E-state index contributed by atoms with van der Waals surface area (Å²) in [5, 5.41) is 37.1. The second-order valence-electron chi connectivity index (χ2n) is 5.38. The molecule has 0 heterocycles. The van der Waals surface area contributed by atoms with Crippen LogP contribution in [-0.2, 0) is 0 Å². The highest BCUT2D eigenvalue weighted by Crippen LogP contribution is 2.27. The first-order valence-electron chi connectivity index (χ1n) is 7.78. The van der Waals surface area contributed by atoms with Crippen LogP contribution in [0.15, 0.2) is 52.7 Å². The van der Waals surface area contributed by atoms with Crippen molar-refractivity contribution >= 4 is 22.7 Å². The number of benzene rings is 2. The number of hydrogen-bond donors (Lipinski definition) is 2. The Morgan fingerprint density at radius 3 is 2.20 bits per heavy atom. The maximum absolute atomic E-state index is 10.6. The Kier molecular flexibility index (Phi) is 6.55. The Labute approximate surface area is 145 Å². The van der Waals surface area contributed by atoms with E-state index in [1.807, 2.05) is 24.0 Å². The van der Waals surface area contributed by atoms with Crippen LogP contribution in [0.1, 0.15) is 5.56 Å². The average Bonchev–Trinajstić information content (AvgIpc) is 2.61. The predicted octanol–water partition coefficient (Wildman–Crippen LogP) is 3.11. The molecular formula is C17H20N4O4. The zero-order valence-electron chi connectivity index (χ0n) is 13.9. The van der Waals surface area contributed by atoms with Gasteiger partial charge in [0.15, 0.2) is 0 Å². The topological polar surface area (TPSA) is 112 Å². The molecule has 8 heteroatoms. The van der Waals surface area contributed by atoms with Crippen molar-refractivity contribution in [2.24, 2.45) is 10.2 Å². The zero-order chi connectivity index (χ0) is 18.2. The molecule has 0 aliphatic heterocycles. The van der Waals surface area contributed by atoms with Crippen LogP contribution >= 0.6 is 0 Å². The molecule has 25 heavy (non-hydrogen) atoms. The third kappa shape index (κ3) is 5.07. The van der Waals surface area contributed by atoms with Crippen LogP contribution in [0.2, 0.25) is 0 Å². The number of nitro groups is 1. The van der Waals surface area contributed by atoms with Crippen molar-refractivity contribution in [1.29, 1.82) is 0 Å². The highest BCUT2D eigenvalue weighted by Gasteiger charge is 2.08. The van der Waals surface area contributed by atoms with Crippen LogP contribution in [0.5, 0.6) is 0 Å². The molecule has 0 aromatic heterocycles. The zero-order valence-corrected chi connectivity index (χ0v) is 13.9. The lowest BCUT2D eigenvalue weighted by molar-refractivity contribution is -0.384. The molecule has 2 rings (SSSR count).